The van der Waals surface area contributed by atoms with Crippen LogP contribution in [-0.4, -0.2) is 12.1 Å². The first-order valence-electron chi connectivity index (χ1n) is 5.17. The molecule has 3 nitrogen and oxygen atoms in total. The highest BCUT2D eigenvalue weighted by Gasteiger charge is 2.26. The minimum atomic E-state index is -0.318. The fourth-order valence-corrected chi connectivity index (χ4v) is 2.48. The molecule has 0 amide bonds. The summed E-state index contributed by atoms with van der Waals surface area (Å²) in [4.78, 5) is 5.81. The Morgan fingerprint density at radius 1 is 1.47 bits per heavy atom. The van der Waals surface area contributed by atoms with E-state index in [4.69, 9.17) is 10.5 Å². The smallest absolute Gasteiger partial charge is 0.125 e. The van der Waals surface area contributed by atoms with E-state index in [1.807, 2.05) is 13.8 Å². The number of rotatable bonds is 4. The molecule has 0 bridgehead atoms. The van der Waals surface area contributed by atoms with Crippen LogP contribution in [0.5, 0.6) is 0 Å². The summed E-state index contributed by atoms with van der Waals surface area (Å²) in [6.45, 7) is 8.88. The van der Waals surface area contributed by atoms with Crippen molar-refractivity contribution in [3.05, 3.63) is 15.6 Å². The van der Waals surface area contributed by atoms with E-state index in [2.05, 4.69) is 18.8 Å². The van der Waals surface area contributed by atoms with E-state index >= 15 is 0 Å². The highest BCUT2D eigenvalue weighted by molar-refractivity contribution is 7.11. The lowest BCUT2D eigenvalue weighted by molar-refractivity contribution is 0.0189. The van der Waals surface area contributed by atoms with E-state index in [1.54, 1.807) is 18.4 Å². The summed E-state index contributed by atoms with van der Waals surface area (Å²) in [6, 6.07) is 0. The van der Waals surface area contributed by atoms with E-state index in [-0.39, 0.29) is 5.60 Å². The van der Waals surface area contributed by atoms with Crippen LogP contribution in [0.2, 0.25) is 0 Å². The summed E-state index contributed by atoms with van der Waals surface area (Å²) in [5, 5.41) is 1.01. The van der Waals surface area contributed by atoms with Gasteiger partial charge in [0, 0.05) is 18.5 Å². The van der Waals surface area contributed by atoms with Crippen LogP contribution in [0.15, 0.2) is 0 Å². The molecular weight excluding hydrogens is 208 g/mol. The van der Waals surface area contributed by atoms with Crippen LogP contribution in [0.25, 0.3) is 0 Å². The molecule has 1 rings (SSSR count). The molecule has 0 saturated carbocycles. The van der Waals surface area contributed by atoms with Gasteiger partial charge in [-0.05, 0) is 19.8 Å². The van der Waals surface area contributed by atoms with Gasteiger partial charge in [-0.1, -0.05) is 13.8 Å². The van der Waals surface area contributed by atoms with Crippen molar-refractivity contribution < 1.29 is 4.74 Å². The average Bonchev–Trinajstić information content (AvgIpc) is 2.62. The number of nitrogens with two attached hydrogens (primary N) is 1. The van der Waals surface area contributed by atoms with Crippen LogP contribution < -0.4 is 5.73 Å². The molecule has 0 aliphatic carbocycles. The van der Waals surface area contributed by atoms with Crippen molar-refractivity contribution in [2.45, 2.75) is 45.8 Å². The molecule has 0 atom stereocenters. The van der Waals surface area contributed by atoms with E-state index in [0.717, 1.165) is 10.7 Å². The molecule has 0 spiro atoms. The Kier molecular flexibility index (Phi) is 3.87. The molecule has 0 fully saturated rings. The van der Waals surface area contributed by atoms with Crippen LogP contribution >= 0.6 is 11.3 Å². The van der Waals surface area contributed by atoms with E-state index in [9.17, 15) is 0 Å². The molecule has 0 aromatic carbocycles. The predicted octanol–water partition coefficient (Wildman–Crippen LogP) is 2.61. The van der Waals surface area contributed by atoms with Gasteiger partial charge in [-0.25, -0.2) is 4.98 Å². The van der Waals surface area contributed by atoms with Crippen molar-refractivity contribution in [2.24, 2.45) is 5.73 Å². The summed E-state index contributed by atoms with van der Waals surface area (Å²) in [5.74, 6) is 0.418. The fourth-order valence-electron chi connectivity index (χ4n) is 1.31. The lowest BCUT2D eigenvalue weighted by atomic mass is 10.1. The molecule has 4 heteroatoms. The SMILES string of the molecule is COC(C)(C)c1nc(C(C)C)c(CN)s1. The quantitative estimate of drug-likeness (QED) is 0.861. The Labute approximate surface area is 95.7 Å². The maximum atomic E-state index is 5.72. The van der Waals surface area contributed by atoms with Gasteiger partial charge in [0.2, 0.25) is 0 Å². The maximum Gasteiger partial charge on any atom is 0.125 e. The molecule has 1 aromatic heterocycles. The molecular formula is C11H20N2OS. The second-order valence-electron chi connectivity index (χ2n) is 4.40. The molecule has 0 aliphatic rings. The van der Waals surface area contributed by atoms with Gasteiger partial charge in [0.05, 0.1) is 5.69 Å². The van der Waals surface area contributed by atoms with E-state index in [0.29, 0.717) is 12.5 Å². The summed E-state index contributed by atoms with van der Waals surface area (Å²) in [7, 11) is 1.71. The van der Waals surface area contributed by atoms with Crippen LogP contribution in [0.1, 0.15) is 49.2 Å². The summed E-state index contributed by atoms with van der Waals surface area (Å²) >= 11 is 1.66. The molecule has 0 saturated heterocycles. The molecule has 1 heterocycles. The van der Waals surface area contributed by atoms with Gasteiger partial charge < -0.3 is 10.5 Å². The Morgan fingerprint density at radius 2 is 2.07 bits per heavy atom. The minimum absolute atomic E-state index is 0.318. The summed E-state index contributed by atoms with van der Waals surface area (Å²) in [5.41, 5.74) is 6.51. The Balaban J connectivity index is 3.13. The second-order valence-corrected chi connectivity index (χ2v) is 5.48. The van der Waals surface area contributed by atoms with Gasteiger partial charge in [0.15, 0.2) is 0 Å². The van der Waals surface area contributed by atoms with E-state index < -0.39 is 0 Å². The van der Waals surface area contributed by atoms with Crippen molar-refractivity contribution in [3.63, 3.8) is 0 Å². The third-order valence-corrected chi connectivity index (χ3v) is 3.88. The van der Waals surface area contributed by atoms with Crippen molar-refractivity contribution in [1.29, 1.82) is 0 Å². The van der Waals surface area contributed by atoms with Crippen LogP contribution in [0.3, 0.4) is 0 Å². The maximum absolute atomic E-state index is 5.72. The lowest BCUT2D eigenvalue weighted by Gasteiger charge is -2.19. The first-order valence-corrected chi connectivity index (χ1v) is 5.99. The molecule has 1 aromatic rings. The summed E-state index contributed by atoms with van der Waals surface area (Å²) in [6.07, 6.45) is 0. The first-order chi connectivity index (χ1) is 6.92. The zero-order valence-electron chi connectivity index (χ0n) is 10.1. The van der Waals surface area contributed by atoms with Crippen LogP contribution in [0, 0.1) is 0 Å². The van der Waals surface area contributed by atoms with Gasteiger partial charge in [0.25, 0.3) is 0 Å². The van der Waals surface area contributed by atoms with Crippen molar-refractivity contribution in [2.75, 3.05) is 7.11 Å². The number of aromatic nitrogens is 1. The zero-order valence-corrected chi connectivity index (χ0v) is 10.9. The highest BCUT2D eigenvalue weighted by atomic mass is 32.1. The Morgan fingerprint density at radius 3 is 2.40 bits per heavy atom. The fraction of sp³-hybridized carbons (Fsp3) is 0.727. The Bertz CT molecular complexity index is 331. The molecule has 0 aliphatic heterocycles. The van der Waals surface area contributed by atoms with Gasteiger partial charge >= 0.3 is 0 Å². The van der Waals surface area contributed by atoms with E-state index in [1.165, 1.54) is 4.88 Å². The molecule has 86 valence electrons. The van der Waals surface area contributed by atoms with Crippen molar-refractivity contribution in [3.8, 4) is 0 Å². The number of methoxy groups -OCH3 is 1. The molecule has 2 N–H and O–H groups in total. The third-order valence-electron chi connectivity index (χ3n) is 2.49. The summed E-state index contributed by atoms with van der Waals surface area (Å²) < 4.78 is 5.42. The Hall–Kier alpha value is -0.450. The van der Waals surface area contributed by atoms with Crippen molar-refractivity contribution in [1.82, 2.24) is 4.98 Å². The predicted molar refractivity (Wildman–Crippen MR) is 64.1 cm³/mol. The van der Waals surface area contributed by atoms with Gasteiger partial charge in [-0.2, -0.15) is 0 Å². The third kappa shape index (κ3) is 2.56. The standard InChI is InChI=1S/C11H20N2OS/c1-7(2)9-8(6-12)15-10(13-9)11(3,4)14-5/h7H,6,12H2,1-5H3. The second kappa shape index (κ2) is 4.60. The lowest BCUT2D eigenvalue weighted by Crippen LogP contribution is -2.19. The van der Waals surface area contributed by atoms with Crippen LogP contribution in [0.4, 0.5) is 0 Å². The van der Waals surface area contributed by atoms with Gasteiger partial charge in [-0.15, -0.1) is 11.3 Å². The van der Waals surface area contributed by atoms with Crippen molar-refractivity contribution >= 4 is 11.3 Å². The normalized spacial score (nSPS) is 12.5. The van der Waals surface area contributed by atoms with Gasteiger partial charge in [0.1, 0.15) is 10.6 Å². The number of thiazole rings is 1. The number of hydrogen-bond acceptors (Lipinski definition) is 4. The topological polar surface area (TPSA) is 48.1 Å². The molecule has 15 heavy (non-hydrogen) atoms. The minimum Gasteiger partial charge on any atom is -0.372 e. The molecule has 0 unspecified atom stereocenters. The number of hydrogen-bond donors (Lipinski definition) is 1. The first kappa shape index (κ1) is 12.6. The highest BCUT2D eigenvalue weighted by Crippen LogP contribution is 2.32. The largest absolute Gasteiger partial charge is 0.372 e. The van der Waals surface area contributed by atoms with Crippen LogP contribution in [-0.2, 0) is 16.9 Å². The number of ether oxygens (including phenoxy) is 1. The number of nitrogens with zero attached hydrogens (tertiary/aromatic N) is 1. The van der Waals surface area contributed by atoms with Gasteiger partial charge in [-0.3, -0.25) is 0 Å². The average molecular weight is 228 g/mol. The molecule has 0 radical (unpaired) electrons. The zero-order chi connectivity index (χ0) is 11.6. The monoisotopic (exact) mass is 228 g/mol.